The average molecular weight is 431 g/mol. The minimum absolute atomic E-state index is 0.104. The third-order valence-electron chi connectivity index (χ3n) is 6.25. The first-order valence-corrected chi connectivity index (χ1v) is 10.9. The van der Waals surface area contributed by atoms with Gasteiger partial charge in [0.15, 0.2) is 0 Å². The molecule has 0 aromatic heterocycles. The smallest absolute Gasteiger partial charge is 0.129 e. The number of aliphatic hydroxyl groups is 1. The third-order valence-corrected chi connectivity index (χ3v) is 6.25. The van der Waals surface area contributed by atoms with Gasteiger partial charge in [-0.15, -0.1) is 0 Å². The van der Waals surface area contributed by atoms with E-state index in [9.17, 15) is 9.50 Å². The molecule has 2 aliphatic rings. The summed E-state index contributed by atoms with van der Waals surface area (Å²) in [7, 11) is 1.57. The number of para-hydroxylation sites is 1. The molecule has 2 heterocycles. The summed E-state index contributed by atoms with van der Waals surface area (Å²) in [5, 5.41) is 13.2. The zero-order valence-electron chi connectivity index (χ0n) is 18.6. The van der Waals surface area contributed by atoms with Gasteiger partial charge in [-0.2, -0.15) is 0 Å². The van der Waals surface area contributed by atoms with Crippen molar-refractivity contribution in [2.24, 2.45) is 0 Å². The fourth-order valence-electron chi connectivity index (χ4n) is 4.92. The van der Waals surface area contributed by atoms with E-state index in [4.69, 9.17) is 4.74 Å². The van der Waals surface area contributed by atoms with Crippen LogP contribution in [-0.4, -0.2) is 24.4 Å². The van der Waals surface area contributed by atoms with Crippen LogP contribution in [0.3, 0.4) is 0 Å². The monoisotopic (exact) mass is 430 g/mol. The highest BCUT2D eigenvalue weighted by Crippen LogP contribution is 2.50. The first kappa shape index (κ1) is 20.6. The highest BCUT2D eigenvalue weighted by molar-refractivity contribution is 5.97. The molecule has 2 N–H and O–H groups in total. The number of hydrogen-bond donors (Lipinski definition) is 2. The van der Waals surface area contributed by atoms with Crippen LogP contribution in [-0.2, 0) is 13.0 Å². The molecule has 0 amide bonds. The van der Waals surface area contributed by atoms with Gasteiger partial charge in [-0.1, -0.05) is 24.3 Å². The van der Waals surface area contributed by atoms with Crippen LogP contribution in [0.4, 0.5) is 15.8 Å². The number of ether oxygens (including phenoxy) is 1. The molecule has 2 aliphatic heterocycles. The van der Waals surface area contributed by atoms with Crippen LogP contribution in [0.25, 0.3) is 16.8 Å². The van der Waals surface area contributed by atoms with Gasteiger partial charge < -0.3 is 20.1 Å². The van der Waals surface area contributed by atoms with Crippen LogP contribution in [0.15, 0.2) is 60.7 Å². The van der Waals surface area contributed by atoms with E-state index < -0.39 is 0 Å². The number of hydrogen-bond acceptors (Lipinski definition) is 4. The molecule has 32 heavy (non-hydrogen) atoms. The lowest BCUT2D eigenvalue weighted by atomic mass is 9.89. The lowest BCUT2D eigenvalue weighted by molar-refractivity contribution is 0.299. The van der Waals surface area contributed by atoms with E-state index in [-0.39, 0.29) is 18.0 Å². The molecular weight excluding hydrogens is 403 g/mol. The van der Waals surface area contributed by atoms with Crippen molar-refractivity contribution in [3.8, 4) is 16.9 Å². The van der Waals surface area contributed by atoms with E-state index in [0.717, 1.165) is 33.8 Å². The molecule has 0 saturated heterocycles. The first-order valence-electron chi connectivity index (χ1n) is 10.9. The number of benzene rings is 3. The Bertz CT molecular complexity index is 1230. The zero-order chi connectivity index (χ0) is 22.5. The summed E-state index contributed by atoms with van der Waals surface area (Å²) in [6.45, 7) is 5.11. The standard InChI is InChI=1S/C27H27FN2O2/c1-27(2)15-24-26-21(16-30(24)23-7-5-4-6-17(23)12-13-31)19(10-11-22(26)29-27)20-9-8-18(28)14-25(20)32-3/h4-11,14-15,29,31H,12-13,16H2,1-3H3. The van der Waals surface area contributed by atoms with Crippen LogP contribution in [0.1, 0.15) is 30.5 Å². The van der Waals surface area contributed by atoms with Gasteiger partial charge in [0.1, 0.15) is 11.6 Å². The predicted octanol–water partition coefficient (Wildman–Crippen LogP) is 5.60. The SMILES string of the molecule is COc1cc(F)ccc1-c1ccc2c3c1CN(c1ccccc1CCO)C3=CC(C)(C)N2. The van der Waals surface area contributed by atoms with Crippen LogP contribution >= 0.6 is 0 Å². The second-order valence-electron chi connectivity index (χ2n) is 8.92. The molecule has 5 rings (SSSR count). The maximum atomic E-state index is 13.9. The predicted molar refractivity (Wildman–Crippen MR) is 127 cm³/mol. The van der Waals surface area contributed by atoms with E-state index in [1.54, 1.807) is 13.2 Å². The lowest BCUT2D eigenvalue weighted by Crippen LogP contribution is -2.33. The summed E-state index contributed by atoms with van der Waals surface area (Å²) in [4.78, 5) is 2.33. The molecule has 0 atom stereocenters. The quantitative estimate of drug-likeness (QED) is 0.553. The van der Waals surface area contributed by atoms with E-state index in [1.165, 1.54) is 23.3 Å². The van der Waals surface area contributed by atoms with Crippen LogP contribution in [0, 0.1) is 5.82 Å². The molecule has 0 spiro atoms. The minimum Gasteiger partial charge on any atom is -0.496 e. The summed E-state index contributed by atoms with van der Waals surface area (Å²) in [6.07, 6.45) is 2.87. The molecule has 5 heteroatoms. The number of anilines is 2. The van der Waals surface area contributed by atoms with Crippen LogP contribution < -0.4 is 15.0 Å². The molecular formula is C27H27FN2O2. The summed E-state index contributed by atoms with van der Waals surface area (Å²) >= 11 is 0. The average Bonchev–Trinajstić information content (AvgIpc) is 3.14. The Morgan fingerprint density at radius 1 is 1.09 bits per heavy atom. The molecule has 0 aliphatic carbocycles. The van der Waals surface area contributed by atoms with Gasteiger partial charge in [0, 0.05) is 47.4 Å². The maximum absolute atomic E-state index is 13.9. The Labute approximate surface area is 188 Å². The summed E-state index contributed by atoms with van der Waals surface area (Å²) < 4.78 is 19.4. The van der Waals surface area contributed by atoms with Crippen molar-refractivity contribution in [1.82, 2.24) is 0 Å². The fourth-order valence-corrected chi connectivity index (χ4v) is 4.92. The van der Waals surface area contributed by atoms with Crippen molar-refractivity contribution in [1.29, 1.82) is 0 Å². The molecule has 0 fully saturated rings. The lowest BCUT2D eigenvalue weighted by Gasteiger charge is -2.34. The van der Waals surface area contributed by atoms with Crippen molar-refractivity contribution in [3.05, 3.63) is 83.2 Å². The zero-order valence-corrected chi connectivity index (χ0v) is 18.6. The van der Waals surface area contributed by atoms with Gasteiger partial charge in [-0.25, -0.2) is 4.39 Å². The Hall–Kier alpha value is -3.31. The van der Waals surface area contributed by atoms with Gasteiger partial charge >= 0.3 is 0 Å². The third kappa shape index (κ3) is 3.33. The number of nitrogens with one attached hydrogen (secondary N) is 1. The highest BCUT2D eigenvalue weighted by Gasteiger charge is 2.36. The number of rotatable bonds is 5. The summed E-state index contributed by atoms with van der Waals surface area (Å²) in [5.74, 6) is 0.207. The normalized spacial score (nSPS) is 15.8. The first-order chi connectivity index (χ1) is 15.4. The van der Waals surface area contributed by atoms with Crippen LogP contribution in [0.2, 0.25) is 0 Å². The molecule has 164 valence electrons. The Morgan fingerprint density at radius 3 is 2.66 bits per heavy atom. The van der Waals surface area contributed by atoms with Gasteiger partial charge in [0.2, 0.25) is 0 Å². The minimum atomic E-state index is -0.316. The van der Waals surface area contributed by atoms with Crippen molar-refractivity contribution in [2.75, 3.05) is 23.9 Å². The maximum Gasteiger partial charge on any atom is 0.129 e. The Morgan fingerprint density at radius 2 is 1.88 bits per heavy atom. The molecule has 0 saturated carbocycles. The second-order valence-corrected chi connectivity index (χ2v) is 8.92. The van der Waals surface area contributed by atoms with Crippen LogP contribution in [0.5, 0.6) is 5.75 Å². The van der Waals surface area contributed by atoms with E-state index in [0.29, 0.717) is 18.7 Å². The molecule has 0 radical (unpaired) electrons. The molecule has 3 aromatic rings. The number of nitrogens with zero attached hydrogens (tertiary/aromatic N) is 1. The van der Waals surface area contributed by atoms with E-state index >= 15 is 0 Å². The summed E-state index contributed by atoms with van der Waals surface area (Å²) in [5.41, 5.74) is 8.53. The Balaban J connectivity index is 1.72. The molecule has 3 aromatic carbocycles. The molecule has 4 nitrogen and oxygen atoms in total. The van der Waals surface area contributed by atoms with Gasteiger partial charge in [-0.3, -0.25) is 0 Å². The second kappa shape index (κ2) is 7.68. The molecule has 0 unspecified atom stereocenters. The van der Waals surface area contributed by atoms with Gasteiger partial charge in [-0.05, 0) is 67.3 Å². The van der Waals surface area contributed by atoms with Gasteiger partial charge in [0.25, 0.3) is 0 Å². The Kier molecular flexibility index (Phi) is 4.94. The van der Waals surface area contributed by atoms with Crippen molar-refractivity contribution >= 4 is 17.1 Å². The van der Waals surface area contributed by atoms with Gasteiger partial charge in [0.05, 0.1) is 12.6 Å². The highest BCUT2D eigenvalue weighted by atomic mass is 19.1. The topological polar surface area (TPSA) is 44.7 Å². The van der Waals surface area contributed by atoms with E-state index in [2.05, 4.69) is 54.4 Å². The number of halogens is 1. The van der Waals surface area contributed by atoms with Crippen molar-refractivity contribution in [2.45, 2.75) is 32.4 Å². The largest absolute Gasteiger partial charge is 0.496 e. The van der Waals surface area contributed by atoms with Crippen molar-refractivity contribution < 1.29 is 14.2 Å². The fraction of sp³-hybridized carbons (Fsp3) is 0.259. The summed E-state index contributed by atoms with van der Waals surface area (Å²) in [6, 6.07) is 17.1. The number of methoxy groups -OCH3 is 1. The molecule has 0 bridgehead atoms. The van der Waals surface area contributed by atoms with Crippen molar-refractivity contribution in [3.63, 3.8) is 0 Å². The van der Waals surface area contributed by atoms with E-state index in [1.807, 2.05) is 12.1 Å². The number of aliphatic hydroxyl groups excluding tert-OH is 1.